The van der Waals surface area contributed by atoms with E-state index in [-0.39, 0.29) is 5.69 Å². The lowest BCUT2D eigenvalue weighted by Crippen LogP contribution is -2.34. The molecule has 1 aromatic carbocycles. The average molecular weight is 320 g/mol. The van der Waals surface area contributed by atoms with E-state index >= 15 is 0 Å². The van der Waals surface area contributed by atoms with Gasteiger partial charge in [-0.1, -0.05) is 12.2 Å². The Morgan fingerprint density at radius 1 is 1.13 bits per heavy atom. The number of rotatable bonds is 4. The number of aliphatic carboxylic acids is 1. The van der Waals surface area contributed by atoms with Gasteiger partial charge >= 0.3 is 5.97 Å². The van der Waals surface area contributed by atoms with Crippen LogP contribution >= 0.6 is 0 Å². The molecule has 2 amide bonds. The van der Waals surface area contributed by atoms with E-state index in [1.165, 1.54) is 19.1 Å². The number of carboxylic acids is 1. The number of hydrogen-bond acceptors (Lipinski definition) is 3. The molecule has 0 heterocycles. The maximum atomic E-state index is 13.6. The summed E-state index contributed by atoms with van der Waals surface area (Å²) in [6, 6.07) is 3.77. The van der Waals surface area contributed by atoms with Gasteiger partial charge in [0.05, 0.1) is 17.5 Å². The Kier molecular flexibility index (Phi) is 5.10. The fourth-order valence-electron chi connectivity index (χ4n) is 2.50. The summed E-state index contributed by atoms with van der Waals surface area (Å²) in [7, 11) is 0. The minimum atomic E-state index is -1.02. The van der Waals surface area contributed by atoms with Crippen LogP contribution in [0.5, 0.6) is 0 Å². The fourth-order valence-corrected chi connectivity index (χ4v) is 2.50. The highest BCUT2D eigenvalue weighted by atomic mass is 19.1. The van der Waals surface area contributed by atoms with Crippen LogP contribution in [0.3, 0.4) is 0 Å². The highest BCUT2D eigenvalue weighted by Gasteiger charge is 2.33. The molecule has 1 aliphatic rings. The number of carboxylic acid groups (broad SMARTS) is 1. The van der Waals surface area contributed by atoms with Gasteiger partial charge in [-0.15, -0.1) is 0 Å². The summed E-state index contributed by atoms with van der Waals surface area (Å²) in [5.74, 6) is -3.99. The molecule has 3 N–H and O–H groups in total. The molecule has 7 heteroatoms. The van der Waals surface area contributed by atoms with E-state index in [0.717, 1.165) is 6.07 Å². The number of benzene rings is 1. The number of hydrogen-bond donors (Lipinski definition) is 3. The summed E-state index contributed by atoms with van der Waals surface area (Å²) in [5.41, 5.74) is 0.243. The average Bonchev–Trinajstić information content (AvgIpc) is 2.50. The van der Waals surface area contributed by atoms with Crippen molar-refractivity contribution in [3.8, 4) is 0 Å². The number of nitrogens with one attached hydrogen (secondary N) is 2. The third-order valence-corrected chi connectivity index (χ3v) is 3.63. The van der Waals surface area contributed by atoms with E-state index in [9.17, 15) is 23.9 Å². The highest BCUT2D eigenvalue weighted by Crippen LogP contribution is 2.28. The molecule has 2 rings (SSSR count). The van der Waals surface area contributed by atoms with Crippen LogP contribution in [0.2, 0.25) is 0 Å². The lowest BCUT2D eigenvalue weighted by Gasteiger charge is -2.24. The molecular formula is C16H17FN2O4. The van der Waals surface area contributed by atoms with E-state index in [4.69, 9.17) is 0 Å². The number of allylic oxidation sites excluding steroid dienone is 2. The monoisotopic (exact) mass is 320 g/mol. The molecule has 0 fully saturated rings. The summed E-state index contributed by atoms with van der Waals surface area (Å²) in [4.78, 5) is 34.6. The van der Waals surface area contributed by atoms with Crippen LogP contribution in [-0.2, 0) is 14.4 Å². The predicted octanol–water partition coefficient (Wildman–Crippen LogP) is 2.39. The first kappa shape index (κ1) is 16.7. The smallest absolute Gasteiger partial charge is 0.307 e. The number of halogens is 1. The first-order chi connectivity index (χ1) is 10.9. The van der Waals surface area contributed by atoms with Gasteiger partial charge in [0.25, 0.3) is 0 Å². The van der Waals surface area contributed by atoms with Gasteiger partial charge < -0.3 is 15.7 Å². The van der Waals surface area contributed by atoms with Gasteiger partial charge in [-0.25, -0.2) is 4.39 Å². The summed E-state index contributed by atoms with van der Waals surface area (Å²) in [6.07, 6.45) is 4.16. The lowest BCUT2D eigenvalue weighted by molar-refractivity contribution is -0.146. The minimum Gasteiger partial charge on any atom is -0.481 e. The van der Waals surface area contributed by atoms with E-state index < -0.39 is 35.4 Å². The molecule has 1 aromatic rings. The Morgan fingerprint density at radius 3 is 2.39 bits per heavy atom. The van der Waals surface area contributed by atoms with Crippen molar-refractivity contribution in [1.82, 2.24) is 0 Å². The normalized spacial score (nSPS) is 19.9. The Labute approximate surface area is 132 Å². The van der Waals surface area contributed by atoms with Gasteiger partial charge in [-0.2, -0.15) is 0 Å². The topological polar surface area (TPSA) is 95.5 Å². The van der Waals surface area contributed by atoms with Crippen molar-refractivity contribution in [3.05, 3.63) is 36.2 Å². The Bertz CT molecular complexity index is 672. The Morgan fingerprint density at radius 2 is 1.78 bits per heavy atom. The molecule has 6 nitrogen and oxygen atoms in total. The number of anilines is 2. The maximum Gasteiger partial charge on any atom is 0.307 e. The van der Waals surface area contributed by atoms with Crippen LogP contribution < -0.4 is 10.6 Å². The largest absolute Gasteiger partial charge is 0.481 e. The molecular weight excluding hydrogens is 303 g/mol. The maximum absolute atomic E-state index is 13.6. The predicted molar refractivity (Wildman–Crippen MR) is 82.3 cm³/mol. The molecule has 2 atom stereocenters. The number of amides is 2. The summed E-state index contributed by atoms with van der Waals surface area (Å²) < 4.78 is 13.6. The van der Waals surface area contributed by atoms with Crippen molar-refractivity contribution in [2.75, 3.05) is 10.6 Å². The quantitative estimate of drug-likeness (QED) is 0.742. The van der Waals surface area contributed by atoms with Crippen LogP contribution in [0.1, 0.15) is 19.8 Å². The third kappa shape index (κ3) is 4.15. The molecule has 0 spiro atoms. The van der Waals surface area contributed by atoms with Gasteiger partial charge in [0.1, 0.15) is 5.82 Å². The van der Waals surface area contributed by atoms with Gasteiger partial charge in [-0.05, 0) is 31.0 Å². The zero-order chi connectivity index (χ0) is 17.0. The van der Waals surface area contributed by atoms with Crippen LogP contribution in [0.25, 0.3) is 0 Å². The second-order valence-electron chi connectivity index (χ2n) is 5.36. The highest BCUT2D eigenvalue weighted by molar-refractivity contribution is 5.96. The fraction of sp³-hybridized carbons (Fsp3) is 0.312. The minimum absolute atomic E-state index is 0.0476. The van der Waals surface area contributed by atoms with Gasteiger partial charge in [0.2, 0.25) is 11.8 Å². The van der Waals surface area contributed by atoms with Crippen LogP contribution in [0.15, 0.2) is 30.4 Å². The van der Waals surface area contributed by atoms with E-state index in [2.05, 4.69) is 10.6 Å². The number of carbonyl (C=O) groups excluding carboxylic acids is 2. The van der Waals surface area contributed by atoms with Gasteiger partial charge in [0.15, 0.2) is 0 Å². The molecule has 0 radical (unpaired) electrons. The lowest BCUT2D eigenvalue weighted by atomic mass is 9.82. The van der Waals surface area contributed by atoms with Crippen LogP contribution in [0, 0.1) is 17.7 Å². The van der Waals surface area contributed by atoms with Gasteiger partial charge in [0, 0.05) is 12.6 Å². The SMILES string of the molecule is CC(=O)Nc1cc(NC(=O)[C@@H]2CC=CC[C@H]2C(=O)O)ccc1F. The molecule has 0 bridgehead atoms. The van der Waals surface area contributed by atoms with Crippen molar-refractivity contribution in [1.29, 1.82) is 0 Å². The number of carbonyl (C=O) groups is 3. The first-order valence-electron chi connectivity index (χ1n) is 7.14. The molecule has 122 valence electrons. The second kappa shape index (κ2) is 7.04. The van der Waals surface area contributed by atoms with Crippen LogP contribution in [-0.4, -0.2) is 22.9 Å². The van der Waals surface area contributed by atoms with Gasteiger partial charge in [-0.3, -0.25) is 14.4 Å². The van der Waals surface area contributed by atoms with E-state index in [0.29, 0.717) is 18.5 Å². The van der Waals surface area contributed by atoms with Crippen molar-refractivity contribution in [2.45, 2.75) is 19.8 Å². The van der Waals surface area contributed by atoms with Crippen LogP contribution in [0.4, 0.5) is 15.8 Å². The Balaban J connectivity index is 2.15. The molecule has 1 aliphatic carbocycles. The molecule has 0 saturated carbocycles. The standard InChI is InChI=1S/C16H17FN2O4/c1-9(20)18-14-8-10(6-7-13(14)17)19-15(21)11-4-2-3-5-12(11)16(22)23/h2-3,6-8,11-12H,4-5H2,1H3,(H,18,20)(H,19,21)(H,22,23)/t11-,12-/m1/s1. The zero-order valence-corrected chi connectivity index (χ0v) is 12.5. The van der Waals surface area contributed by atoms with E-state index in [1.54, 1.807) is 12.2 Å². The van der Waals surface area contributed by atoms with Crippen molar-refractivity contribution < 1.29 is 23.9 Å². The summed E-state index contributed by atoms with van der Waals surface area (Å²) in [5, 5.41) is 14.1. The van der Waals surface area contributed by atoms with Crippen molar-refractivity contribution in [2.24, 2.45) is 11.8 Å². The zero-order valence-electron chi connectivity index (χ0n) is 12.5. The second-order valence-corrected chi connectivity index (χ2v) is 5.36. The molecule has 0 saturated heterocycles. The summed E-state index contributed by atoms with van der Waals surface area (Å²) >= 11 is 0. The van der Waals surface area contributed by atoms with E-state index in [1.807, 2.05) is 0 Å². The first-order valence-corrected chi connectivity index (χ1v) is 7.14. The van der Waals surface area contributed by atoms with Crippen molar-refractivity contribution in [3.63, 3.8) is 0 Å². The molecule has 0 aromatic heterocycles. The van der Waals surface area contributed by atoms with Crippen molar-refractivity contribution >= 4 is 29.2 Å². The molecule has 0 aliphatic heterocycles. The Hall–Kier alpha value is -2.70. The molecule has 23 heavy (non-hydrogen) atoms. The molecule has 0 unspecified atom stereocenters. The summed E-state index contributed by atoms with van der Waals surface area (Å²) in [6.45, 7) is 1.25. The third-order valence-electron chi connectivity index (χ3n) is 3.63.